The summed E-state index contributed by atoms with van der Waals surface area (Å²) in [6.07, 6.45) is -3.91. The van der Waals surface area contributed by atoms with Gasteiger partial charge >= 0.3 is 6.18 Å². The first kappa shape index (κ1) is 17.2. The number of rotatable bonds is 7. The Morgan fingerprint density at radius 3 is 2.60 bits per heavy atom. The normalized spacial score (nSPS) is 11.8. The minimum Gasteiger partial charge on any atom is -0.377 e. The van der Waals surface area contributed by atoms with E-state index in [1.165, 1.54) is 6.07 Å². The summed E-state index contributed by atoms with van der Waals surface area (Å²) < 4.78 is 44.7. The smallest absolute Gasteiger partial charge is 0.377 e. The zero-order valence-electron chi connectivity index (χ0n) is 13.2. The molecule has 2 aromatic heterocycles. The topological polar surface area (TPSA) is 64.3 Å². The number of nitrogens with zero attached hydrogens (tertiary/aromatic N) is 4. The number of hydrogen-bond donors (Lipinski definition) is 1. The van der Waals surface area contributed by atoms with Crippen LogP contribution in [0.4, 0.5) is 19.0 Å². The minimum atomic E-state index is -4.60. The van der Waals surface area contributed by atoms with Crippen molar-refractivity contribution in [1.29, 1.82) is 0 Å². The Morgan fingerprint density at radius 1 is 1.04 bits per heavy atom. The van der Waals surface area contributed by atoms with Gasteiger partial charge < -0.3 is 10.1 Å². The van der Waals surface area contributed by atoms with Crippen molar-refractivity contribution >= 4 is 11.5 Å². The summed E-state index contributed by atoms with van der Waals surface area (Å²) in [5.74, 6) is -0.821. The molecule has 1 aromatic carbocycles. The first-order valence-corrected chi connectivity index (χ1v) is 7.69. The van der Waals surface area contributed by atoms with Crippen LogP contribution in [-0.2, 0) is 17.5 Å². The summed E-state index contributed by atoms with van der Waals surface area (Å²) in [4.78, 5) is 0. The first-order chi connectivity index (χ1) is 12.0. The van der Waals surface area contributed by atoms with Crippen LogP contribution in [0.2, 0.25) is 0 Å². The van der Waals surface area contributed by atoms with Gasteiger partial charge in [0.15, 0.2) is 5.65 Å². The molecule has 0 atom stereocenters. The van der Waals surface area contributed by atoms with E-state index < -0.39 is 12.0 Å². The zero-order valence-corrected chi connectivity index (χ0v) is 13.2. The molecule has 0 spiro atoms. The van der Waals surface area contributed by atoms with Crippen LogP contribution in [0, 0.1) is 0 Å². The Kier molecular flexibility index (Phi) is 5.13. The van der Waals surface area contributed by atoms with E-state index in [9.17, 15) is 13.2 Å². The average molecular weight is 351 g/mol. The van der Waals surface area contributed by atoms with Crippen molar-refractivity contribution < 1.29 is 17.9 Å². The highest BCUT2D eigenvalue weighted by atomic mass is 19.4. The lowest BCUT2D eigenvalue weighted by Crippen LogP contribution is -2.14. The Morgan fingerprint density at radius 2 is 1.84 bits per heavy atom. The van der Waals surface area contributed by atoms with Crippen LogP contribution in [0.3, 0.4) is 0 Å². The fourth-order valence-electron chi connectivity index (χ4n) is 2.21. The lowest BCUT2D eigenvalue weighted by Gasteiger charge is -2.08. The zero-order chi connectivity index (χ0) is 17.7. The van der Waals surface area contributed by atoms with Gasteiger partial charge in [0.1, 0.15) is 5.82 Å². The van der Waals surface area contributed by atoms with E-state index in [0.29, 0.717) is 36.5 Å². The molecular weight excluding hydrogens is 335 g/mol. The molecule has 0 bridgehead atoms. The second-order valence-electron chi connectivity index (χ2n) is 5.33. The van der Waals surface area contributed by atoms with Crippen molar-refractivity contribution in [1.82, 2.24) is 19.8 Å². The molecule has 0 fully saturated rings. The highest BCUT2D eigenvalue weighted by Crippen LogP contribution is 2.27. The van der Waals surface area contributed by atoms with E-state index in [2.05, 4.69) is 20.6 Å². The SMILES string of the molecule is FC(F)(F)c1nnc2ccc(NCCCOCc3ccccc3)nn12. The van der Waals surface area contributed by atoms with Crippen LogP contribution >= 0.6 is 0 Å². The summed E-state index contributed by atoms with van der Waals surface area (Å²) in [5, 5.41) is 13.4. The van der Waals surface area contributed by atoms with Gasteiger partial charge in [-0.15, -0.1) is 15.3 Å². The van der Waals surface area contributed by atoms with E-state index in [-0.39, 0.29) is 5.65 Å². The number of nitrogens with one attached hydrogen (secondary N) is 1. The predicted molar refractivity (Wildman–Crippen MR) is 85.0 cm³/mol. The highest BCUT2D eigenvalue weighted by Gasteiger charge is 2.37. The van der Waals surface area contributed by atoms with E-state index in [0.717, 1.165) is 5.56 Å². The van der Waals surface area contributed by atoms with Gasteiger partial charge in [0.25, 0.3) is 5.82 Å². The molecule has 3 aromatic rings. The van der Waals surface area contributed by atoms with Crippen molar-refractivity contribution in [2.45, 2.75) is 19.2 Å². The van der Waals surface area contributed by atoms with Crippen LogP contribution in [0.5, 0.6) is 0 Å². The molecule has 132 valence electrons. The molecule has 0 saturated heterocycles. The number of anilines is 1. The van der Waals surface area contributed by atoms with Crippen LogP contribution < -0.4 is 5.32 Å². The fourth-order valence-corrected chi connectivity index (χ4v) is 2.21. The average Bonchev–Trinajstić information content (AvgIpc) is 3.02. The molecule has 0 saturated carbocycles. The summed E-state index contributed by atoms with van der Waals surface area (Å²) >= 11 is 0. The quantitative estimate of drug-likeness (QED) is 0.663. The summed E-state index contributed by atoms with van der Waals surface area (Å²) in [5.41, 5.74) is 1.14. The number of alkyl halides is 3. The summed E-state index contributed by atoms with van der Waals surface area (Å²) in [6.45, 7) is 1.59. The molecule has 0 unspecified atom stereocenters. The number of ether oxygens (including phenoxy) is 1. The molecule has 3 rings (SSSR count). The second-order valence-corrected chi connectivity index (χ2v) is 5.33. The molecule has 9 heteroatoms. The Hall–Kier alpha value is -2.68. The van der Waals surface area contributed by atoms with E-state index in [4.69, 9.17) is 4.74 Å². The molecule has 6 nitrogen and oxygen atoms in total. The third-order valence-corrected chi connectivity index (χ3v) is 3.40. The first-order valence-electron chi connectivity index (χ1n) is 7.69. The van der Waals surface area contributed by atoms with Crippen LogP contribution in [0.1, 0.15) is 17.8 Å². The van der Waals surface area contributed by atoms with Crippen LogP contribution in [0.25, 0.3) is 5.65 Å². The van der Waals surface area contributed by atoms with E-state index in [1.54, 1.807) is 6.07 Å². The van der Waals surface area contributed by atoms with Gasteiger partial charge in [-0.2, -0.15) is 17.7 Å². The Labute approximate surface area is 141 Å². The molecule has 0 amide bonds. The second kappa shape index (κ2) is 7.47. The van der Waals surface area contributed by atoms with E-state index in [1.807, 2.05) is 30.3 Å². The maximum Gasteiger partial charge on any atom is 0.453 e. The maximum absolute atomic E-state index is 12.8. The lowest BCUT2D eigenvalue weighted by atomic mass is 10.2. The fraction of sp³-hybridized carbons (Fsp3) is 0.312. The van der Waals surface area contributed by atoms with Gasteiger partial charge in [-0.3, -0.25) is 0 Å². The molecule has 0 radical (unpaired) electrons. The monoisotopic (exact) mass is 351 g/mol. The molecule has 0 aliphatic carbocycles. The van der Waals surface area contributed by atoms with Crippen molar-refractivity contribution in [2.24, 2.45) is 0 Å². The van der Waals surface area contributed by atoms with Crippen LogP contribution in [-0.4, -0.2) is 33.0 Å². The molecule has 0 aliphatic heterocycles. The van der Waals surface area contributed by atoms with Gasteiger partial charge in [-0.1, -0.05) is 30.3 Å². The highest BCUT2D eigenvalue weighted by molar-refractivity contribution is 5.44. The third kappa shape index (κ3) is 4.44. The largest absolute Gasteiger partial charge is 0.453 e. The van der Waals surface area contributed by atoms with Gasteiger partial charge in [0.2, 0.25) is 0 Å². The van der Waals surface area contributed by atoms with Crippen molar-refractivity contribution in [3.63, 3.8) is 0 Å². The number of fused-ring (bicyclic) bond motifs is 1. The van der Waals surface area contributed by atoms with E-state index >= 15 is 0 Å². The Bertz CT molecular complexity index is 819. The number of halogens is 3. The number of hydrogen-bond acceptors (Lipinski definition) is 5. The van der Waals surface area contributed by atoms with Gasteiger partial charge in [-0.25, -0.2) is 0 Å². The Balaban J connectivity index is 1.48. The predicted octanol–water partition coefficient (Wildman–Crippen LogP) is 3.16. The van der Waals surface area contributed by atoms with Gasteiger partial charge in [0, 0.05) is 13.2 Å². The van der Waals surface area contributed by atoms with Crippen molar-refractivity contribution in [3.05, 3.63) is 53.9 Å². The van der Waals surface area contributed by atoms with Crippen molar-refractivity contribution in [3.8, 4) is 0 Å². The maximum atomic E-state index is 12.8. The number of aromatic nitrogens is 4. The number of benzene rings is 1. The van der Waals surface area contributed by atoms with Gasteiger partial charge in [-0.05, 0) is 24.1 Å². The molecule has 1 N–H and O–H groups in total. The van der Waals surface area contributed by atoms with Crippen molar-refractivity contribution in [2.75, 3.05) is 18.5 Å². The minimum absolute atomic E-state index is 0.0454. The van der Waals surface area contributed by atoms with Crippen LogP contribution in [0.15, 0.2) is 42.5 Å². The molecule has 25 heavy (non-hydrogen) atoms. The summed E-state index contributed by atoms with van der Waals surface area (Å²) in [6, 6.07) is 12.8. The third-order valence-electron chi connectivity index (χ3n) is 3.40. The standard InChI is InChI=1S/C16H16F3N5O/c17-16(18,19)15-22-21-14-8-7-13(23-24(14)15)20-9-4-10-25-11-12-5-2-1-3-6-12/h1-3,5-8H,4,9-11H2,(H,20,23). The lowest BCUT2D eigenvalue weighted by molar-refractivity contribution is -0.146. The van der Waals surface area contributed by atoms with Gasteiger partial charge in [0.05, 0.1) is 6.61 Å². The molecular formula is C16H16F3N5O. The molecule has 0 aliphatic rings. The molecule has 2 heterocycles. The summed E-state index contributed by atoms with van der Waals surface area (Å²) in [7, 11) is 0.